The molecule has 14 heteroatoms. The molecule has 1 atom stereocenters. The maximum absolute atomic E-state index is 14.7. The molecule has 0 bridgehead atoms. The highest BCUT2D eigenvalue weighted by Gasteiger charge is 2.32. The number of carbonyl (C=O) groups excluding carboxylic acids is 2. The average molecular weight is 592 g/mol. The minimum absolute atomic E-state index is 0.00825. The van der Waals surface area contributed by atoms with Crippen molar-refractivity contribution in [3.63, 3.8) is 0 Å². The van der Waals surface area contributed by atoms with E-state index in [9.17, 15) is 22.4 Å². The van der Waals surface area contributed by atoms with Crippen LogP contribution in [0.15, 0.2) is 41.6 Å². The number of nitrogens with one attached hydrogen (secondary N) is 2. The number of para-hydroxylation sites is 1. The summed E-state index contributed by atoms with van der Waals surface area (Å²) in [6, 6.07) is 7.26. The summed E-state index contributed by atoms with van der Waals surface area (Å²) in [5.74, 6) is -0.987. The number of hydrogen-bond donors (Lipinski definition) is 2. The van der Waals surface area contributed by atoms with E-state index in [0.29, 0.717) is 36.5 Å². The van der Waals surface area contributed by atoms with Gasteiger partial charge in [-0.1, -0.05) is 17.7 Å². The Balaban J connectivity index is 1.41. The second-order valence-electron chi connectivity index (χ2n) is 9.82. The van der Waals surface area contributed by atoms with E-state index in [0.717, 1.165) is 17.5 Å². The van der Waals surface area contributed by atoms with Crippen molar-refractivity contribution in [3.05, 3.63) is 53.1 Å². The number of rotatable bonds is 8. The molecule has 1 fully saturated rings. The molecule has 1 unspecified atom stereocenters. The Bertz CT molecular complexity index is 1550. The van der Waals surface area contributed by atoms with E-state index in [4.69, 9.17) is 11.6 Å². The topological polar surface area (TPSA) is 128 Å². The molecule has 0 spiro atoms. The highest BCUT2D eigenvalue weighted by Crippen LogP contribution is 2.30. The van der Waals surface area contributed by atoms with Crippen LogP contribution in [0, 0.1) is 5.82 Å². The summed E-state index contributed by atoms with van der Waals surface area (Å²) in [7, 11) is -0.762. The maximum atomic E-state index is 14.7. The largest absolute Gasteiger partial charge is 0.366 e. The molecule has 2 N–H and O–H groups in total. The molecule has 0 saturated carbocycles. The average Bonchev–Trinajstić information content (AvgIpc) is 2.90. The van der Waals surface area contributed by atoms with Crippen LogP contribution in [0.5, 0.6) is 0 Å². The first-order valence-corrected chi connectivity index (χ1v) is 14.4. The number of amides is 2. The lowest BCUT2D eigenvalue weighted by Gasteiger charge is -2.35. The molecule has 2 heterocycles. The predicted molar refractivity (Wildman–Crippen MR) is 152 cm³/mol. The molecule has 2 amide bonds. The van der Waals surface area contributed by atoms with Crippen molar-refractivity contribution >= 4 is 55.8 Å². The zero-order valence-corrected chi connectivity index (χ0v) is 24.2. The molecule has 4 rings (SSSR count). The van der Waals surface area contributed by atoms with Gasteiger partial charge in [-0.3, -0.25) is 14.5 Å². The van der Waals surface area contributed by atoms with E-state index in [1.165, 1.54) is 22.5 Å². The number of nitrogens with zero attached hydrogens (tertiary/aromatic N) is 5. The highest BCUT2D eigenvalue weighted by molar-refractivity contribution is 7.89. The number of piperazine rings is 1. The molecule has 0 aliphatic carbocycles. The molecule has 1 saturated heterocycles. The molecular formula is C26H31ClFN7O4S. The third kappa shape index (κ3) is 6.33. The van der Waals surface area contributed by atoms with E-state index >= 15 is 0 Å². The summed E-state index contributed by atoms with van der Waals surface area (Å²) in [4.78, 5) is 35.6. The molecule has 3 aromatic rings. The standard InChI is InChI=1S/C26H31ClFN7O4S/c1-16(31-25-18-6-5-7-19(26(37)33(3)4)24(18)29-15-30-25)14-34-8-10-35(11-9-34)40(38,39)23-12-20(27)22(13-21(23)28)32-17(2)36/h5-7,12-13,15-16H,8-11,14H2,1-4H3,(H,32,36)(H,29,30,31). The minimum atomic E-state index is -4.13. The van der Waals surface area contributed by atoms with Gasteiger partial charge in [0.15, 0.2) is 0 Å². The smallest absolute Gasteiger partial charge is 0.255 e. The lowest BCUT2D eigenvalue weighted by atomic mass is 10.1. The Morgan fingerprint density at radius 2 is 1.85 bits per heavy atom. The van der Waals surface area contributed by atoms with Crippen LogP contribution in [0.3, 0.4) is 0 Å². The van der Waals surface area contributed by atoms with Crippen molar-refractivity contribution < 1.29 is 22.4 Å². The second-order valence-corrected chi connectivity index (χ2v) is 12.1. The molecular weight excluding hydrogens is 561 g/mol. The van der Waals surface area contributed by atoms with Gasteiger partial charge in [-0.05, 0) is 25.1 Å². The van der Waals surface area contributed by atoms with Gasteiger partial charge in [-0.2, -0.15) is 4.31 Å². The first-order chi connectivity index (χ1) is 18.9. The van der Waals surface area contributed by atoms with Crippen LogP contribution in [0.1, 0.15) is 24.2 Å². The predicted octanol–water partition coefficient (Wildman–Crippen LogP) is 2.89. The van der Waals surface area contributed by atoms with Gasteiger partial charge in [-0.15, -0.1) is 0 Å². The second kappa shape index (κ2) is 12.0. The summed E-state index contributed by atoms with van der Waals surface area (Å²) in [6.45, 7) is 5.06. The molecule has 0 radical (unpaired) electrons. The normalized spacial score (nSPS) is 15.6. The van der Waals surface area contributed by atoms with E-state index in [-0.39, 0.29) is 35.7 Å². The number of sulfonamides is 1. The van der Waals surface area contributed by atoms with Gasteiger partial charge in [-0.25, -0.2) is 22.8 Å². The van der Waals surface area contributed by atoms with Crippen molar-refractivity contribution in [3.8, 4) is 0 Å². The summed E-state index contributed by atoms with van der Waals surface area (Å²) < 4.78 is 42.3. The van der Waals surface area contributed by atoms with Crippen molar-refractivity contribution in [2.45, 2.75) is 24.8 Å². The Morgan fingerprint density at radius 1 is 1.15 bits per heavy atom. The fourth-order valence-corrected chi connectivity index (χ4v) is 6.36. The van der Waals surface area contributed by atoms with Crippen LogP contribution in [0.25, 0.3) is 10.9 Å². The Labute approximate surface area is 237 Å². The van der Waals surface area contributed by atoms with Crippen LogP contribution in [0.4, 0.5) is 15.9 Å². The molecule has 1 aliphatic heterocycles. The Kier molecular flexibility index (Phi) is 8.88. The first-order valence-electron chi connectivity index (χ1n) is 12.6. The van der Waals surface area contributed by atoms with E-state index < -0.39 is 26.6 Å². The molecule has 214 valence electrons. The number of benzene rings is 2. The third-order valence-electron chi connectivity index (χ3n) is 6.50. The Morgan fingerprint density at radius 3 is 2.50 bits per heavy atom. The number of fused-ring (bicyclic) bond motifs is 1. The third-order valence-corrected chi connectivity index (χ3v) is 8.72. The van der Waals surface area contributed by atoms with Crippen LogP contribution in [-0.2, 0) is 14.8 Å². The van der Waals surface area contributed by atoms with Crippen LogP contribution >= 0.6 is 11.6 Å². The summed E-state index contributed by atoms with van der Waals surface area (Å²) in [5, 5.41) is 6.42. The van der Waals surface area contributed by atoms with Crippen molar-refractivity contribution in [1.82, 2.24) is 24.1 Å². The van der Waals surface area contributed by atoms with Gasteiger partial charge in [0.2, 0.25) is 15.9 Å². The highest BCUT2D eigenvalue weighted by atomic mass is 35.5. The summed E-state index contributed by atoms with van der Waals surface area (Å²) in [5.41, 5.74) is 1.05. The van der Waals surface area contributed by atoms with Gasteiger partial charge in [0.1, 0.15) is 22.9 Å². The van der Waals surface area contributed by atoms with E-state index in [1.807, 2.05) is 13.0 Å². The SMILES string of the molecule is CC(=O)Nc1cc(F)c(S(=O)(=O)N2CCN(CC(C)Nc3ncnc4c(C(=O)N(C)C)cccc34)CC2)cc1Cl. The maximum Gasteiger partial charge on any atom is 0.255 e. The monoisotopic (exact) mass is 591 g/mol. The van der Waals surface area contributed by atoms with Gasteiger partial charge in [0.05, 0.1) is 21.8 Å². The van der Waals surface area contributed by atoms with Gasteiger partial charge < -0.3 is 15.5 Å². The lowest BCUT2D eigenvalue weighted by Crippen LogP contribution is -2.50. The first kappa shape index (κ1) is 29.6. The number of carbonyl (C=O) groups is 2. The quantitative estimate of drug-likeness (QED) is 0.409. The van der Waals surface area contributed by atoms with Crippen molar-refractivity contribution in [2.24, 2.45) is 0 Å². The van der Waals surface area contributed by atoms with Crippen molar-refractivity contribution in [2.75, 3.05) is 57.5 Å². The summed E-state index contributed by atoms with van der Waals surface area (Å²) in [6.07, 6.45) is 1.42. The minimum Gasteiger partial charge on any atom is -0.366 e. The zero-order valence-electron chi connectivity index (χ0n) is 22.6. The van der Waals surface area contributed by atoms with Gasteiger partial charge >= 0.3 is 0 Å². The molecule has 1 aliphatic rings. The number of aromatic nitrogens is 2. The number of hydrogen-bond acceptors (Lipinski definition) is 8. The lowest BCUT2D eigenvalue weighted by molar-refractivity contribution is -0.114. The van der Waals surface area contributed by atoms with E-state index in [1.54, 1.807) is 26.2 Å². The van der Waals surface area contributed by atoms with Crippen molar-refractivity contribution in [1.29, 1.82) is 0 Å². The molecule has 2 aromatic carbocycles. The number of anilines is 2. The van der Waals surface area contributed by atoms with E-state index in [2.05, 4.69) is 25.5 Å². The molecule has 40 heavy (non-hydrogen) atoms. The molecule has 1 aromatic heterocycles. The molecule has 11 nitrogen and oxygen atoms in total. The summed E-state index contributed by atoms with van der Waals surface area (Å²) >= 11 is 6.10. The van der Waals surface area contributed by atoms with Crippen LogP contribution in [0.2, 0.25) is 5.02 Å². The van der Waals surface area contributed by atoms with Crippen LogP contribution < -0.4 is 10.6 Å². The van der Waals surface area contributed by atoms with Gasteiger partial charge in [0, 0.05) is 71.2 Å². The fourth-order valence-electron chi connectivity index (χ4n) is 4.59. The van der Waals surface area contributed by atoms with Gasteiger partial charge in [0.25, 0.3) is 5.91 Å². The Hall–Kier alpha value is -3.39. The zero-order chi connectivity index (χ0) is 29.2. The fraction of sp³-hybridized carbons (Fsp3) is 0.385. The van der Waals surface area contributed by atoms with Crippen LogP contribution in [-0.4, -0.2) is 97.2 Å². The number of halogens is 2.